The Morgan fingerprint density at radius 1 is 1.65 bits per heavy atom. The molecule has 0 spiro atoms. The fourth-order valence-corrected chi connectivity index (χ4v) is 1.70. The molecular weight excluding hydrogens is 293 g/mol. The molecule has 1 rings (SSSR count). The van der Waals surface area contributed by atoms with E-state index in [9.17, 15) is 9.18 Å². The monoisotopic (exact) mass is 305 g/mol. The summed E-state index contributed by atoms with van der Waals surface area (Å²) in [6.07, 6.45) is 0. The summed E-state index contributed by atoms with van der Waals surface area (Å²) in [6, 6.07) is 3.67. The Morgan fingerprint density at radius 3 is 2.94 bits per heavy atom. The lowest BCUT2D eigenvalue weighted by molar-refractivity contribution is -0.140. The molecule has 0 aliphatic heterocycles. The Labute approximate surface area is 107 Å². The first-order chi connectivity index (χ1) is 8.04. The molecule has 0 heterocycles. The zero-order chi connectivity index (χ0) is 12.8. The predicted molar refractivity (Wildman–Crippen MR) is 64.2 cm³/mol. The van der Waals surface area contributed by atoms with Crippen LogP contribution in [-0.2, 0) is 16.1 Å². The first-order valence-corrected chi connectivity index (χ1v) is 5.73. The first kappa shape index (κ1) is 14.1. The third-order valence-electron chi connectivity index (χ3n) is 2.18. The summed E-state index contributed by atoms with van der Waals surface area (Å²) in [4.78, 5) is 10.8. The molecule has 94 valence electrons. The fraction of sp³-hybridized carbons (Fsp3) is 0.364. The average Bonchev–Trinajstić information content (AvgIpc) is 2.28. The second-order valence-electron chi connectivity index (χ2n) is 3.46. The van der Waals surface area contributed by atoms with Crippen molar-refractivity contribution in [3.8, 4) is 0 Å². The molecule has 0 aromatic heterocycles. The van der Waals surface area contributed by atoms with Gasteiger partial charge in [-0.15, -0.1) is 0 Å². The molecule has 0 fully saturated rings. The summed E-state index contributed by atoms with van der Waals surface area (Å²) >= 11 is 3.23. The third-order valence-corrected chi connectivity index (χ3v) is 2.67. The minimum atomic E-state index is -1.03. The maximum atomic E-state index is 13.4. The van der Waals surface area contributed by atoms with Crippen molar-refractivity contribution in [3.63, 3.8) is 0 Å². The standard InChI is InChI=1S/C11H13BrFNO3/c1-17-6-10(11(15)16)14-5-7-4-8(12)2-3-9(7)13/h2-4,10,14H,5-6H2,1H3,(H,15,16). The molecule has 1 atom stereocenters. The van der Waals surface area contributed by atoms with Crippen molar-refractivity contribution in [2.24, 2.45) is 0 Å². The van der Waals surface area contributed by atoms with Crippen LogP contribution in [0.2, 0.25) is 0 Å². The van der Waals surface area contributed by atoms with Gasteiger partial charge in [0.2, 0.25) is 0 Å². The fourth-order valence-electron chi connectivity index (χ4n) is 1.30. The summed E-state index contributed by atoms with van der Waals surface area (Å²) in [6.45, 7) is 0.163. The number of halogens is 2. The molecule has 0 saturated heterocycles. The van der Waals surface area contributed by atoms with Gasteiger partial charge in [-0.2, -0.15) is 0 Å². The number of aliphatic carboxylic acids is 1. The van der Waals surface area contributed by atoms with Crippen LogP contribution in [0.5, 0.6) is 0 Å². The van der Waals surface area contributed by atoms with Gasteiger partial charge >= 0.3 is 5.97 Å². The number of methoxy groups -OCH3 is 1. The van der Waals surface area contributed by atoms with Gasteiger partial charge in [-0.25, -0.2) is 4.39 Å². The van der Waals surface area contributed by atoms with Crippen molar-refractivity contribution in [1.82, 2.24) is 5.32 Å². The molecule has 0 aliphatic carbocycles. The second kappa shape index (κ2) is 6.68. The van der Waals surface area contributed by atoms with Gasteiger partial charge < -0.3 is 9.84 Å². The van der Waals surface area contributed by atoms with Gasteiger partial charge in [-0.1, -0.05) is 15.9 Å². The zero-order valence-electron chi connectivity index (χ0n) is 9.24. The van der Waals surface area contributed by atoms with Crippen LogP contribution in [0.3, 0.4) is 0 Å². The number of hydrogen-bond acceptors (Lipinski definition) is 3. The molecular formula is C11H13BrFNO3. The van der Waals surface area contributed by atoms with E-state index in [0.717, 1.165) is 4.47 Å². The van der Waals surface area contributed by atoms with E-state index in [1.807, 2.05) is 0 Å². The van der Waals surface area contributed by atoms with Crippen molar-refractivity contribution in [2.75, 3.05) is 13.7 Å². The molecule has 0 bridgehead atoms. The van der Waals surface area contributed by atoms with Crippen molar-refractivity contribution < 1.29 is 19.0 Å². The molecule has 1 aromatic rings. The molecule has 0 amide bonds. The SMILES string of the molecule is COCC(NCc1cc(Br)ccc1F)C(=O)O. The minimum Gasteiger partial charge on any atom is -0.480 e. The lowest BCUT2D eigenvalue weighted by atomic mass is 10.2. The summed E-state index contributed by atoms with van der Waals surface area (Å²) in [7, 11) is 1.41. The third kappa shape index (κ3) is 4.41. The van der Waals surface area contributed by atoms with Crippen LogP contribution in [0.25, 0.3) is 0 Å². The predicted octanol–water partition coefficient (Wildman–Crippen LogP) is 1.78. The number of carboxylic acids is 1. The van der Waals surface area contributed by atoms with Crippen LogP contribution in [0.15, 0.2) is 22.7 Å². The Balaban J connectivity index is 2.64. The van der Waals surface area contributed by atoms with E-state index in [0.29, 0.717) is 5.56 Å². The Bertz CT molecular complexity index is 400. The van der Waals surface area contributed by atoms with Crippen molar-refractivity contribution >= 4 is 21.9 Å². The molecule has 1 aromatic carbocycles. The number of hydrogen-bond donors (Lipinski definition) is 2. The van der Waals surface area contributed by atoms with E-state index < -0.39 is 12.0 Å². The van der Waals surface area contributed by atoms with Crippen LogP contribution < -0.4 is 5.32 Å². The van der Waals surface area contributed by atoms with Gasteiger partial charge in [0.05, 0.1) is 6.61 Å². The minimum absolute atomic E-state index is 0.0327. The summed E-state index contributed by atoms with van der Waals surface area (Å²) in [5.41, 5.74) is 0.404. The number of benzene rings is 1. The highest BCUT2D eigenvalue weighted by Crippen LogP contribution is 2.15. The van der Waals surface area contributed by atoms with Crippen LogP contribution in [0.1, 0.15) is 5.56 Å². The molecule has 4 nitrogen and oxygen atoms in total. The second-order valence-corrected chi connectivity index (χ2v) is 4.38. The highest BCUT2D eigenvalue weighted by atomic mass is 79.9. The molecule has 0 saturated carbocycles. The lowest BCUT2D eigenvalue weighted by Gasteiger charge is -2.13. The van der Waals surface area contributed by atoms with Crippen LogP contribution in [-0.4, -0.2) is 30.8 Å². The Hall–Kier alpha value is -0.980. The van der Waals surface area contributed by atoms with E-state index in [-0.39, 0.29) is 19.0 Å². The van der Waals surface area contributed by atoms with Crippen LogP contribution >= 0.6 is 15.9 Å². The molecule has 2 N–H and O–H groups in total. The summed E-state index contributed by atoms with van der Waals surface area (Å²) < 4.78 is 18.9. The average molecular weight is 306 g/mol. The largest absolute Gasteiger partial charge is 0.480 e. The summed E-state index contributed by atoms with van der Waals surface area (Å²) in [5, 5.41) is 11.6. The van der Waals surface area contributed by atoms with E-state index in [1.165, 1.54) is 13.2 Å². The van der Waals surface area contributed by atoms with Crippen molar-refractivity contribution in [2.45, 2.75) is 12.6 Å². The molecule has 1 unspecified atom stereocenters. The first-order valence-electron chi connectivity index (χ1n) is 4.93. The van der Waals surface area contributed by atoms with E-state index >= 15 is 0 Å². The number of ether oxygens (including phenoxy) is 1. The van der Waals surface area contributed by atoms with Gasteiger partial charge in [0.15, 0.2) is 0 Å². The highest BCUT2D eigenvalue weighted by Gasteiger charge is 2.16. The zero-order valence-corrected chi connectivity index (χ0v) is 10.8. The number of nitrogens with one attached hydrogen (secondary N) is 1. The van der Waals surface area contributed by atoms with Crippen molar-refractivity contribution in [3.05, 3.63) is 34.1 Å². The molecule has 0 radical (unpaired) electrons. The van der Waals surface area contributed by atoms with Gasteiger partial charge in [-0.05, 0) is 18.2 Å². The van der Waals surface area contributed by atoms with Gasteiger partial charge in [0.25, 0.3) is 0 Å². The van der Waals surface area contributed by atoms with E-state index in [1.54, 1.807) is 12.1 Å². The molecule has 6 heteroatoms. The van der Waals surface area contributed by atoms with E-state index in [2.05, 4.69) is 21.2 Å². The molecule has 0 aliphatic rings. The number of carboxylic acid groups (broad SMARTS) is 1. The number of carbonyl (C=O) groups is 1. The highest BCUT2D eigenvalue weighted by molar-refractivity contribution is 9.10. The maximum Gasteiger partial charge on any atom is 0.323 e. The van der Waals surface area contributed by atoms with Gasteiger partial charge in [-0.3, -0.25) is 10.1 Å². The van der Waals surface area contributed by atoms with E-state index in [4.69, 9.17) is 9.84 Å². The van der Waals surface area contributed by atoms with Gasteiger partial charge in [0, 0.05) is 23.7 Å². The van der Waals surface area contributed by atoms with Crippen LogP contribution in [0, 0.1) is 5.82 Å². The van der Waals surface area contributed by atoms with Crippen molar-refractivity contribution in [1.29, 1.82) is 0 Å². The molecule has 17 heavy (non-hydrogen) atoms. The quantitative estimate of drug-likeness (QED) is 0.841. The van der Waals surface area contributed by atoms with Crippen LogP contribution in [0.4, 0.5) is 4.39 Å². The lowest BCUT2D eigenvalue weighted by Crippen LogP contribution is -2.40. The topological polar surface area (TPSA) is 58.6 Å². The number of rotatable bonds is 6. The Kier molecular flexibility index (Phi) is 5.54. The normalized spacial score (nSPS) is 12.4. The summed E-state index contributed by atoms with van der Waals surface area (Å²) in [5.74, 6) is -1.40. The smallest absolute Gasteiger partial charge is 0.323 e. The van der Waals surface area contributed by atoms with Gasteiger partial charge in [0.1, 0.15) is 11.9 Å². The maximum absolute atomic E-state index is 13.4. The Morgan fingerprint density at radius 2 is 2.35 bits per heavy atom.